The predicted octanol–water partition coefficient (Wildman–Crippen LogP) is 5.65. The number of ether oxygens (including phenoxy) is 2. The van der Waals surface area contributed by atoms with E-state index < -0.39 is 0 Å². The van der Waals surface area contributed by atoms with Crippen LogP contribution in [0.25, 0.3) is 11.8 Å². The zero-order chi connectivity index (χ0) is 26.2. The number of aromatic nitrogens is 1. The summed E-state index contributed by atoms with van der Waals surface area (Å²) in [6.07, 6.45) is 5.41. The summed E-state index contributed by atoms with van der Waals surface area (Å²) >= 11 is 5.01. The summed E-state index contributed by atoms with van der Waals surface area (Å²) in [7, 11) is 1.66. The van der Waals surface area contributed by atoms with Crippen molar-refractivity contribution in [3.63, 3.8) is 0 Å². The minimum atomic E-state index is -0.218. The van der Waals surface area contributed by atoms with Gasteiger partial charge >= 0.3 is 0 Å². The van der Waals surface area contributed by atoms with Crippen LogP contribution in [0.15, 0.2) is 99.2 Å². The zero-order valence-electron chi connectivity index (χ0n) is 20.8. The Morgan fingerprint density at radius 2 is 1.95 bits per heavy atom. The molecule has 5 nitrogen and oxygen atoms in total. The van der Waals surface area contributed by atoms with Gasteiger partial charge in [0, 0.05) is 5.56 Å². The van der Waals surface area contributed by atoms with Gasteiger partial charge in [-0.1, -0.05) is 66.5 Å². The summed E-state index contributed by atoms with van der Waals surface area (Å²) in [6, 6.07) is 22.0. The van der Waals surface area contributed by atoms with Gasteiger partial charge in [-0.15, -0.1) is 0 Å². The molecular formula is C31H25BrN2O3S. The molecule has 4 aromatic rings. The van der Waals surface area contributed by atoms with Crippen LogP contribution in [-0.4, -0.2) is 18.3 Å². The quantitative estimate of drug-likeness (QED) is 0.275. The molecule has 1 aliphatic heterocycles. The Morgan fingerprint density at radius 1 is 1.13 bits per heavy atom. The second-order valence-electron chi connectivity index (χ2n) is 9.18. The average Bonchev–Trinajstić information content (AvgIpc) is 3.25. The lowest BCUT2D eigenvalue weighted by Crippen LogP contribution is -2.38. The Labute approximate surface area is 232 Å². The summed E-state index contributed by atoms with van der Waals surface area (Å²) in [6.45, 7) is 4.12. The van der Waals surface area contributed by atoms with Gasteiger partial charge in [0.15, 0.2) is 4.80 Å². The van der Waals surface area contributed by atoms with Gasteiger partial charge in [0.25, 0.3) is 5.56 Å². The van der Waals surface area contributed by atoms with Crippen LogP contribution in [0, 0.1) is 0 Å². The molecule has 0 bridgehead atoms. The molecule has 2 aliphatic rings. The number of rotatable bonds is 6. The summed E-state index contributed by atoms with van der Waals surface area (Å²) in [5.74, 6) is 1.52. The minimum absolute atomic E-state index is 0.0388. The van der Waals surface area contributed by atoms with Gasteiger partial charge < -0.3 is 9.47 Å². The number of nitrogens with zero attached hydrogens (tertiary/aromatic N) is 2. The smallest absolute Gasteiger partial charge is 0.271 e. The van der Waals surface area contributed by atoms with Crippen LogP contribution in [0.5, 0.6) is 11.5 Å². The van der Waals surface area contributed by atoms with Crippen LogP contribution in [0.4, 0.5) is 0 Å². The van der Waals surface area contributed by atoms with Crippen molar-refractivity contribution in [2.24, 2.45) is 4.99 Å². The van der Waals surface area contributed by atoms with Crippen molar-refractivity contribution in [2.75, 3.05) is 13.7 Å². The lowest BCUT2D eigenvalue weighted by atomic mass is 9.83. The van der Waals surface area contributed by atoms with Crippen LogP contribution >= 0.6 is 27.3 Å². The fourth-order valence-corrected chi connectivity index (χ4v) is 6.64. The number of fused-ring (bicyclic) bond motifs is 3. The van der Waals surface area contributed by atoms with Crippen LogP contribution in [-0.2, 0) is 6.42 Å². The van der Waals surface area contributed by atoms with Crippen molar-refractivity contribution in [3.8, 4) is 11.5 Å². The molecule has 0 fully saturated rings. The van der Waals surface area contributed by atoms with Gasteiger partial charge in [0.1, 0.15) is 18.1 Å². The molecule has 0 unspecified atom stereocenters. The summed E-state index contributed by atoms with van der Waals surface area (Å²) < 4.78 is 14.4. The molecule has 3 aromatic carbocycles. The highest BCUT2D eigenvalue weighted by Crippen LogP contribution is 2.41. The first kappa shape index (κ1) is 24.6. The van der Waals surface area contributed by atoms with Gasteiger partial charge in [0.05, 0.1) is 27.9 Å². The minimum Gasteiger partial charge on any atom is -0.497 e. The number of methoxy groups -OCH3 is 1. The number of aryl methyl sites for hydroxylation is 1. The highest BCUT2D eigenvalue weighted by molar-refractivity contribution is 9.10. The third-order valence-corrected chi connectivity index (χ3v) is 8.52. The molecule has 1 atom stereocenters. The first-order valence-electron chi connectivity index (χ1n) is 12.4. The van der Waals surface area contributed by atoms with E-state index in [-0.39, 0.29) is 11.6 Å². The summed E-state index contributed by atoms with van der Waals surface area (Å²) in [5.41, 5.74) is 6.54. The van der Waals surface area contributed by atoms with Gasteiger partial charge in [0.2, 0.25) is 0 Å². The number of hydrogen-bond acceptors (Lipinski definition) is 5. The Balaban J connectivity index is 1.53. The van der Waals surface area contributed by atoms with Crippen molar-refractivity contribution >= 4 is 39.0 Å². The predicted molar refractivity (Wildman–Crippen MR) is 156 cm³/mol. The molecule has 1 aromatic heterocycles. The number of halogens is 1. The van der Waals surface area contributed by atoms with E-state index in [1.54, 1.807) is 13.2 Å². The van der Waals surface area contributed by atoms with Crippen molar-refractivity contribution in [3.05, 3.63) is 131 Å². The van der Waals surface area contributed by atoms with E-state index in [1.165, 1.54) is 22.5 Å². The highest BCUT2D eigenvalue weighted by atomic mass is 79.9. The van der Waals surface area contributed by atoms with Crippen molar-refractivity contribution < 1.29 is 9.47 Å². The molecule has 7 heteroatoms. The lowest BCUT2D eigenvalue weighted by Gasteiger charge is -2.30. The van der Waals surface area contributed by atoms with Crippen LogP contribution in [0.2, 0.25) is 0 Å². The molecule has 0 saturated heterocycles. The third-order valence-electron chi connectivity index (χ3n) is 6.91. The van der Waals surface area contributed by atoms with E-state index in [4.69, 9.17) is 14.5 Å². The molecule has 1 aliphatic carbocycles. The van der Waals surface area contributed by atoms with Crippen LogP contribution < -0.4 is 24.4 Å². The molecule has 38 heavy (non-hydrogen) atoms. The van der Waals surface area contributed by atoms with E-state index in [0.29, 0.717) is 15.9 Å². The maximum absolute atomic E-state index is 13.9. The number of benzene rings is 3. The fraction of sp³-hybridized carbons (Fsp3) is 0.161. The molecule has 0 N–H and O–H groups in total. The Hall–Kier alpha value is -3.68. The van der Waals surface area contributed by atoms with E-state index >= 15 is 0 Å². The molecule has 6 rings (SSSR count). The maximum atomic E-state index is 13.9. The summed E-state index contributed by atoms with van der Waals surface area (Å²) in [4.78, 5) is 19.7. The molecule has 0 amide bonds. The molecule has 190 valence electrons. The second kappa shape index (κ2) is 10.2. The van der Waals surface area contributed by atoms with E-state index in [0.717, 1.165) is 51.2 Å². The Morgan fingerprint density at radius 3 is 2.71 bits per heavy atom. The average molecular weight is 586 g/mol. The monoisotopic (exact) mass is 584 g/mol. The van der Waals surface area contributed by atoms with Gasteiger partial charge in [-0.2, -0.15) is 0 Å². The topological polar surface area (TPSA) is 52.8 Å². The standard InChI is InChI=1S/C31H25BrN2O3S/c1-3-16-37-26-15-8-19(17-25(26)32)18-27-30(35)34-29(21-9-12-22(36-2)13-10-21)24-14-11-20-6-4-5-7-23(20)28(24)33-31(34)38-27/h3-10,12-13,15,17-18,29H,1,11,14,16H2,2H3/b27-18-/t29-/m0/s1. The number of hydrogen-bond donors (Lipinski definition) is 0. The maximum Gasteiger partial charge on any atom is 0.271 e. The fourth-order valence-electron chi connectivity index (χ4n) is 5.13. The van der Waals surface area contributed by atoms with Crippen molar-refractivity contribution in [1.82, 2.24) is 4.57 Å². The van der Waals surface area contributed by atoms with Crippen molar-refractivity contribution in [1.29, 1.82) is 0 Å². The Kier molecular flexibility index (Phi) is 6.64. The van der Waals surface area contributed by atoms with Gasteiger partial charge in [-0.05, 0) is 81.4 Å². The number of allylic oxidation sites excluding steroid dienone is 1. The first-order valence-corrected chi connectivity index (χ1v) is 14.0. The first-order chi connectivity index (χ1) is 18.6. The zero-order valence-corrected chi connectivity index (χ0v) is 23.2. The third kappa shape index (κ3) is 4.36. The second-order valence-corrected chi connectivity index (χ2v) is 11.0. The molecule has 0 spiro atoms. The van der Waals surface area contributed by atoms with Crippen molar-refractivity contribution in [2.45, 2.75) is 18.9 Å². The largest absolute Gasteiger partial charge is 0.497 e. The highest BCUT2D eigenvalue weighted by Gasteiger charge is 2.32. The van der Waals surface area contributed by atoms with Gasteiger partial charge in [-0.25, -0.2) is 4.99 Å². The normalized spacial score (nSPS) is 16.3. The van der Waals surface area contributed by atoms with E-state index in [1.807, 2.05) is 41.0 Å². The molecule has 0 saturated carbocycles. The SMILES string of the molecule is C=CCOc1ccc(/C=c2\sc3n(c2=O)[C@@H](c2ccc(OC)cc2)C2=C(N=3)c3ccccc3CC2)cc1Br. The molecule has 2 heterocycles. The number of thiazole rings is 1. The molecular weight excluding hydrogens is 560 g/mol. The van der Waals surface area contributed by atoms with E-state index in [2.05, 4.69) is 58.9 Å². The summed E-state index contributed by atoms with van der Waals surface area (Å²) in [5, 5.41) is 0. The Bertz CT molecular complexity index is 1770. The van der Waals surface area contributed by atoms with Crippen LogP contribution in [0.1, 0.15) is 34.7 Å². The van der Waals surface area contributed by atoms with E-state index in [9.17, 15) is 4.79 Å². The molecule has 0 radical (unpaired) electrons. The lowest BCUT2D eigenvalue weighted by molar-refractivity contribution is 0.361. The van der Waals surface area contributed by atoms with Crippen LogP contribution in [0.3, 0.4) is 0 Å². The van der Waals surface area contributed by atoms with Gasteiger partial charge in [-0.3, -0.25) is 9.36 Å².